The molecule has 0 saturated carbocycles. The molecule has 0 bridgehead atoms. The van der Waals surface area contributed by atoms with Gasteiger partial charge >= 0.3 is 0 Å². The summed E-state index contributed by atoms with van der Waals surface area (Å²) >= 11 is 0. The quantitative estimate of drug-likeness (QED) is 0.739. The molecule has 0 fully saturated rings. The van der Waals surface area contributed by atoms with Gasteiger partial charge in [-0.15, -0.1) is 0 Å². The van der Waals surface area contributed by atoms with Crippen molar-refractivity contribution in [3.63, 3.8) is 0 Å². The first-order valence-electron chi connectivity index (χ1n) is 7.08. The molecule has 0 heterocycles. The molecule has 1 rings (SSSR count). The van der Waals surface area contributed by atoms with E-state index >= 15 is 0 Å². The summed E-state index contributed by atoms with van der Waals surface area (Å²) in [5, 5.41) is 3.64. The molecule has 1 atom stereocenters. The van der Waals surface area contributed by atoms with Crippen molar-refractivity contribution in [2.45, 2.75) is 53.0 Å². The van der Waals surface area contributed by atoms with Crippen LogP contribution >= 0.6 is 0 Å². The van der Waals surface area contributed by atoms with Crippen molar-refractivity contribution in [3.05, 3.63) is 35.4 Å². The highest BCUT2D eigenvalue weighted by Crippen LogP contribution is 2.27. The summed E-state index contributed by atoms with van der Waals surface area (Å²) in [5.41, 5.74) is 2.87. The minimum Gasteiger partial charge on any atom is -0.310 e. The van der Waals surface area contributed by atoms with Crippen LogP contribution in [0.15, 0.2) is 24.3 Å². The maximum Gasteiger partial charge on any atom is 0.0348 e. The van der Waals surface area contributed by atoms with Crippen LogP contribution in [0, 0.1) is 5.92 Å². The molecule has 0 aliphatic heterocycles. The number of hydrogen-bond donors (Lipinski definition) is 1. The monoisotopic (exact) mass is 233 g/mol. The van der Waals surface area contributed by atoms with Gasteiger partial charge in [0.15, 0.2) is 0 Å². The van der Waals surface area contributed by atoms with Crippen LogP contribution in [-0.2, 0) is 6.42 Å². The summed E-state index contributed by atoms with van der Waals surface area (Å²) in [6.45, 7) is 10.0. The number of aryl methyl sites for hydroxylation is 1. The van der Waals surface area contributed by atoms with E-state index in [2.05, 4.69) is 57.3 Å². The van der Waals surface area contributed by atoms with Crippen LogP contribution in [0.2, 0.25) is 0 Å². The first-order valence-corrected chi connectivity index (χ1v) is 7.08. The number of nitrogens with one attached hydrogen (secondary N) is 1. The van der Waals surface area contributed by atoms with Crippen molar-refractivity contribution in [1.82, 2.24) is 5.32 Å². The highest BCUT2D eigenvalue weighted by Gasteiger charge is 2.18. The molecule has 17 heavy (non-hydrogen) atoms. The van der Waals surface area contributed by atoms with Crippen molar-refractivity contribution in [1.29, 1.82) is 0 Å². The van der Waals surface area contributed by atoms with Crippen LogP contribution in [0.5, 0.6) is 0 Å². The van der Waals surface area contributed by atoms with Gasteiger partial charge in [-0.1, -0.05) is 64.8 Å². The Morgan fingerprint density at radius 1 is 0.941 bits per heavy atom. The van der Waals surface area contributed by atoms with Crippen LogP contribution in [-0.4, -0.2) is 6.54 Å². The van der Waals surface area contributed by atoms with Gasteiger partial charge in [-0.2, -0.15) is 0 Å². The molecule has 0 aliphatic rings. The lowest BCUT2D eigenvalue weighted by Crippen LogP contribution is -2.27. The molecule has 0 saturated heterocycles. The third kappa shape index (κ3) is 3.85. The summed E-state index contributed by atoms with van der Waals surface area (Å²) in [4.78, 5) is 0. The Balaban J connectivity index is 2.87. The van der Waals surface area contributed by atoms with E-state index in [9.17, 15) is 0 Å². The number of hydrogen-bond acceptors (Lipinski definition) is 1. The Morgan fingerprint density at radius 3 is 1.94 bits per heavy atom. The summed E-state index contributed by atoms with van der Waals surface area (Å²) in [5.74, 6) is 0.738. The highest BCUT2D eigenvalue weighted by molar-refractivity contribution is 5.25. The van der Waals surface area contributed by atoms with Gasteiger partial charge in [0.05, 0.1) is 0 Å². The van der Waals surface area contributed by atoms with Gasteiger partial charge < -0.3 is 5.32 Å². The van der Waals surface area contributed by atoms with E-state index in [1.54, 1.807) is 0 Å². The maximum absolute atomic E-state index is 3.64. The molecule has 0 amide bonds. The van der Waals surface area contributed by atoms with Gasteiger partial charge in [0.1, 0.15) is 0 Å². The average molecular weight is 233 g/mol. The Morgan fingerprint density at radius 2 is 1.53 bits per heavy atom. The maximum atomic E-state index is 3.64. The van der Waals surface area contributed by atoms with Crippen LogP contribution in [0.3, 0.4) is 0 Å². The fourth-order valence-corrected chi connectivity index (χ4v) is 2.50. The molecular formula is C16H27N. The van der Waals surface area contributed by atoms with E-state index in [-0.39, 0.29) is 0 Å². The Kier molecular flexibility index (Phi) is 6.28. The summed E-state index contributed by atoms with van der Waals surface area (Å²) in [6, 6.07) is 9.64. The molecule has 1 aromatic carbocycles. The van der Waals surface area contributed by atoms with Gasteiger partial charge in [0.25, 0.3) is 0 Å². The van der Waals surface area contributed by atoms with Crippen molar-refractivity contribution < 1.29 is 0 Å². The fourth-order valence-electron chi connectivity index (χ4n) is 2.50. The normalized spacial score (nSPS) is 13.0. The van der Waals surface area contributed by atoms with Crippen LogP contribution in [0.1, 0.15) is 57.7 Å². The predicted molar refractivity (Wildman–Crippen MR) is 76.3 cm³/mol. The van der Waals surface area contributed by atoms with Crippen LogP contribution in [0.4, 0.5) is 0 Å². The smallest absolute Gasteiger partial charge is 0.0348 e. The van der Waals surface area contributed by atoms with E-state index in [4.69, 9.17) is 0 Å². The number of rotatable bonds is 7. The molecule has 96 valence electrons. The molecule has 0 aromatic heterocycles. The lowest BCUT2D eigenvalue weighted by atomic mass is 9.88. The van der Waals surface area contributed by atoms with E-state index < -0.39 is 0 Å². The van der Waals surface area contributed by atoms with Gasteiger partial charge in [-0.3, -0.25) is 0 Å². The minimum atomic E-state index is 0.515. The van der Waals surface area contributed by atoms with Gasteiger partial charge in [0.2, 0.25) is 0 Å². The zero-order valence-electron chi connectivity index (χ0n) is 11.8. The zero-order valence-corrected chi connectivity index (χ0v) is 11.8. The van der Waals surface area contributed by atoms with Gasteiger partial charge in [-0.25, -0.2) is 0 Å². The van der Waals surface area contributed by atoms with Gasteiger partial charge in [-0.05, 0) is 30.0 Å². The van der Waals surface area contributed by atoms with E-state index in [1.807, 2.05) is 0 Å². The van der Waals surface area contributed by atoms with Crippen molar-refractivity contribution in [2.75, 3.05) is 6.54 Å². The Labute approximate surface area is 107 Å². The molecule has 1 heteroatoms. The highest BCUT2D eigenvalue weighted by atomic mass is 14.9. The predicted octanol–water partition coefficient (Wildman–Crippen LogP) is 4.34. The molecule has 0 aliphatic carbocycles. The van der Waals surface area contributed by atoms with E-state index in [0.717, 1.165) is 18.9 Å². The molecule has 0 spiro atoms. The largest absolute Gasteiger partial charge is 0.310 e. The molecule has 1 aromatic rings. The Bertz CT molecular complexity index is 298. The first-order chi connectivity index (χ1) is 8.26. The van der Waals surface area contributed by atoms with Crippen LogP contribution in [0.25, 0.3) is 0 Å². The number of benzene rings is 1. The third-order valence-corrected chi connectivity index (χ3v) is 3.69. The second-order valence-corrected chi connectivity index (χ2v) is 4.71. The first kappa shape index (κ1) is 14.2. The second kappa shape index (κ2) is 7.50. The summed E-state index contributed by atoms with van der Waals surface area (Å²) < 4.78 is 0. The summed E-state index contributed by atoms with van der Waals surface area (Å²) in [6.07, 6.45) is 3.60. The van der Waals surface area contributed by atoms with Crippen molar-refractivity contribution in [3.8, 4) is 0 Å². The standard InChI is InChI=1S/C16H27N/c1-5-13-9-11-15(12-10-13)16(17-8-4)14(6-2)7-3/h9-12,14,16-17H,5-8H2,1-4H3. The Hall–Kier alpha value is -0.820. The van der Waals surface area contributed by atoms with Crippen molar-refractivity contribution in [2.24, 2.45) is 5.92 Å². The zero-order chi connectivity index (χ0) is 12.7. The second-order valence-electron chi connectivity index (χ2n) is 4.71. The molecule has 1 N–H and O–H groups in total. The van der Waals surface area contributed by atoms with Crippen LogP contribution < -0.4 is 5.32 Å². The average Bonchev–Trinajstić information content (AvgIpc) is 2.39. The third-order valence-electron chi connectivity index (χ3n) is 3.69. The van der Waals surface area contributed by atoms with E-state index in [1.165, 1.54) is 24.0 Å². The topological polar surface area (TPSA) is 12.0 Å². The van der Waals surface area contributed by atoms with Crippen molar-refractivity contribution >= 4 is 0 Å². The molecule has 1 nitrogen and oxygen atoms in total. The summed E-state index contributed by atoms with van der Waals surface area (Å²) in [7, 11) is 0. The fraction of sp³-hybridized carbons (Fsp3) is 0.625. The van der Waals surface area contributed by atoms with E-state index in [0.29, 0.717) is 6.04 Å². The lowest BCUT2D eigenvalue weighted by molar-refractivity contribution is 0.346. The molecule has 1 unspecified atom stereocenters. The SMILES string of the molecule is CCNC(c1ccc(CC)cc1)C(CC)CC. The molecular weight excluding hydrogens is 206 g/mol. The molecule has 0 radical (unpaired) electrons. The minimum absolute atomic E-state index is 0.515. The van der Waals surface area contributed by atoms with Gasteiger partial charge in [0, 0.05) is 6.04 Å². The lowest BCUT2D eigenvalue weighted by Gasteiger charge is -2.26.